The molecule has 1 amide bonds. The maximum absolute atomic E-state index is 12.7. The van der Waals surface area contributed by atoms with Gasteiger partial charge in [0.2, 0.25) is 0 Å². The van der Waals surface area contributed by atoms with Crippen molar-refractivity contribution in [1.82, 2.24) is 4.90 Å². The van der Waals surface area contributed by atoms with E-state index in [1.165, 1.54) is 7.11 Å². The summed E-state index contributed by atoms with van der Waals surface area (Å²) in [6, 6.07) is 15.0. The minimum Gasteiger partial charge on any atom is -0.489 e. The number of anilines is 1. The Balaban J connectivity index is 1.62. The number of esters is 1. The molecule has 0 bridgehead atoms. The first-order chi connectivity index (χ1) is 14.6. The second-order valence-corrected chi connectivity index (χ2v) is 6.92. The van der Waals surface area contributed by atoms with E-state index in [0.29, 0.717) is 37.5 Å². The second kappa shape index (κ2) is 10.1. The summed E-state index contributed by atoms with van der Waals surface area (Å²) >= 11 is 0. The Labute approximate surface area is 176 Å². The zero-order valence-electron chi connectivity index (χ0n) is 17.6. The van der Waals surface area contributed by atoms with Crippen molar-refractivity contribution in [1.29, 1.82) is 0 Å². The summed E-state index contributed by atoms with van der Waals surface area (Å²) in [7, 11) is 1.35. The van der Waals surface area contributed by atoms with Crippen LogP contribution in [0.4, 0.5) is 5.69 Å². The van der Waals surface area contributed by atoms with Crippen LogP contribution in [-0.2, 0) is 20.7 Å². The van der Waals surface area contributed by atoms with Gasteiger partial charge in [0, 0.05) is 25.3 Å². The first kappa shape index (κ1) is 21.6. The van der Waals surface area contributed by atoms with E-state index in [4.69, 9.17) is 14.2 Å². The molecular formula is C23H28N2O5. The molecule has 1 aliphatic heterocycles. The number of nitrogens with one attached hydrogen (secondary N) is 1. The molecule has 0 spiro atoms. The van der Waals surface area contributed by atoms with Crippen LogP contribution in [0.3, 0.4) is 0 Å². The highest BCUT2D eigenvalue weighted by molar-refractivity contribution is 6.01. The number of hydrogen-bond donors (Lipinski definition) is 1. The van der Waals surface area contributed by atoms with Crippen LogP contribution in [0.5, 0.6) is 5.75 Å². The van der Waals surface area contributed by atoms with Gasteiger partial charge in [-0.05, 0) is 43.7 Å². The average Bonchev–Trinajstić information content (AvgIpc) is 2.78. The van der Waals surface area contributed by atoms with E-state index in [1.807, 2.05) is 62.4 Å². The molecule has 2 unspecified atom stereocenters. The van der Waals surface area contributed by atoms with Crippen LogP contribution >= 0.6 is 0 Å². The number of ether oxygens (including phenoxy) is 3. The molecule has 2 atom stereocenters. The highest BCUT2D eigenvalue weighted by Gasteiger charge is 2.31. The molecule has 1 aliphatic rings. The first-order valence-electron chi connectivity index (χ1n) is 10.1. The molecule has 0 aromatic heterocycles. The fraction of sp³-hybridized carbons (Fsp3) is 0.391. The summed E-state index contributed by atoms with van der Waals surface area (Å²) in [6.45, 7) is 5.13. The largest absolute Gasteiger partial charge is 0.489 e. The lowest BCUT2D eigenvalue weighted by atomic mass is 10.1. The Morgan fingerprint density at radius 1 is 1.13 bits per heavy atom. The van der Waals surface area contributed by atoms with E-state index in [2.05, 4.69) is 5.32 Å². The van der Waals surface area contributed by atoms with E-state index in [9.17, 15) is 9.59 Å². The van der Waals surface area contributed by atoms with Crippen molar-refractivity contribution in [3.8, 4) is 5.75 Å². The Morgan fingerprint density at radius 2 is 1.87 bits per heavy atom. The monoisotopic (exact) mass is 412 g/mol. The molecule has 7 nitrogen and oxygen atoms in total. The van der Waals surface area contributed by atoms with Crippen molar-refractivity contribution >= 4 is 17.6 Å². The highest BCUT2D eigenvalue weighted by Crippen LogP contribution is 2.25. The van der Waals surface area contributed by atoms with Crippen LogP contribution in [0, 0.1) is 0 Å². The number of rotatable bonds is 9. The van der Waals surface area contributed by atoms with Crippen molar-refractivity contribution in [2.24, 2.45) is 0 Å². The summed E-state index contributed by atoms with van der Waals surface area (Å²) in [5.41, 5.74) is 2.44. The fourth-order valence-corrected chi connectivity index (χ4v) is 3.50. The molecular weight excluding hydrogens is 384 g/mol. The third-order valence-electron chi connectivity index (χ3n) is 5.04. The van der Waals surface area contributed by atoms with Gasteiger partial charge in [-0.15, -0.1) is 0 Å². The molecule has 0 fully saturated rings. The zero-order valence-corrected chi connectivity index (χ0v) is 17.6. The lowest BCUT2D eigenvalue weighted by Gasteiger charge is -2.37. The number of likely N-dealkylation sites (N-methyl/N-ethyl adjacent to an activating group) is 1. The number of amides is 1. The first-order valence-corrected chi connectivity index (χ1v) is 10.1. The van der Waals surface area contributed by atoms with Gasteiger partial charge in [-0.1, -0.05) is 24.3 Å². The van der Waals surface area contributed by atoms with Crippen LogP contribution in [0.1, 0.15) is 29.8 Å². The van der Waals surface area contributed by atoms with Crippen LogP contribution in [0.2, 0.25) is 0 Å². The van der Waals surface area contributed by atoms with E-state index in [0.717, 1.165) is 11.3 Å². The second-order valence-electron chi connectivity index (χ2n) is 6.92. The van der Waals surface area contributed by atoms with Crippen molar-refractivity contribution in [3.63, 3.8) is 0 Å². The van der Waals surface area contributed by atoms with Gasteiger partial charge in [0.1, 0.15) is 18.5 Å². The topological polar surface area (TPSA) is 77.1 Å². The lowest BCUT2D eigenvalue weighted by Crippen LogP contribution is -2.51. The maximum atomic E-state index is 12.7. The summed E-state index contributed by atoms with van der Waals surface area (Å²) in [5.74, 6) is 0.305. The Kier molecular flexibility index (Phi) is 7.30. The van der Waals surface area contributed by atoms with E-state index in [1.54, 1.807) is 4.90 Å². The van der Waals surface area contributed by atoms with Gasteiger partial charge in [-0.25, -0.2) is 4.79 Å². The van der Waals surface area contributed by atoms with Crippen LogP contribution in [-0.4, -0.2) is 55.9 Å². The Morgan fingerprint density at radius 3 is 2.53 bits per heavy atom. The molecule has 30 heavy (non-hydrogen) atoms. The predicted molar refractivity (Wildman–Crippen MR) is 114 cm³/mol. The summed E-state index contributed by atoms with van der Waals surface area (Å²) in [4.78, 5) is 26.3. The number of hydrogen-bond acceptors (Lipinski definition) is 6. The number of benzene rings is 2. The van der Waals surface area contributed by atoms with Gasteiger partial charge in [-0.3, -0.25) is 4.79 Å². The van der Waals surface area contributed by atoms with Crippen LogP contribution < -0.4 is 10.1 Å². The number of fused-ring (bicyclic) bond motifs is 1. The zero-order chi connectivity index (χ0) is 21.5. The lowest BCUT2D eigenvalue weighted by molar-refractivity contribution is -0.153. The van der Waals surface area contributed by atoms with E-state index in [-0.39, 0.29) is 18.0 Å². The van der Waals surface area contributed by atoms with Crippen molar-refractivity contribution in [2.45, 2.75) is 32.5 Å². The van der Waals surface area contributed by atoms with Crippen molar-refractivity contribution < 1.29 is 23.8 Å². The number of nitrogens with zero attached hydrogens (tertiary/aromatic N) is 1. The molecule has 2 aromatic carbocycles. The summed E-state index contributed by atoms with van der Waals surface area (Å²) < 4.78 is 16.2. The van der Waals surface area contributed by atoms with Gasteiger partial charge in [0.05, 0.1) is 12.7 Å². The molecule has 0 saturated heterocycles. The van der Waals surface area contributed by atoms with Crippen molar-refractivity contribution in [2.75, 3.05) is 32.2 Å². The smallest absolute Gasteiger partial charge is 0.335 e. The average molecular weight is 412 g/mol. The van der Waals surface area contributed by atoms with E-state index < -0.39 is 6.10 Å². The van der Waals surface area contributed by atoms with E-state index >= 15 is 0 Å². The van der Waals surface area contributed by atoms with Gasteiger partial charge in [0.25, 0.3) is 5.91 Å². The van der Waals surface area contributed by atoms with Gasteiger partial charge in [0.15, 0.2) is 6.10 Å². The number of para-hydroxylation sites is 1. The fourth-order valence-electron chi connectivity index (χ4n) is 3.50. The van der Waals surface area contributed by atoms with Crippen LogP contribution in [0.15, 0.2) is 48.5 Å². The van der Waals surface area contributed by atoms with Crippen molar-refractivity contribution in [3.05, 3.63) is 59.7 Å². The Hall–Kier alpha value is -3.06. The molecule has 0 aliphatic carbocycles. The van der Waals surface area contributed by atoms with Gasteiger partial charge < -0.3 is 24.4 Å². The molecule has 0 radical (unpaired) electrons. The third-order valence-corrected chi connectivity index (χ3v) is 5.04. The normalized spacial score (nSPS) is 16.4. The summed E-state index contributed by atoms with van der Waals surface area (Å²) in [5, 5.41) is 3.38. The molecule has 2 aromatic rings. The number of carbonyl (C=O) groups excluding carboxylic acids is 2. The minimum atomic E-state index is -0.623. The minimum absolute atomic E-state index is 0.000532. The maximum Gasteiger partial charge on any atom is 0.335 e. The molecule has 1 heterocycles. The highest BCUT2D eigenvalue weighted by atomic mass is 16.6. The molecule has 7 heteroatoms. The standard InChI is InChI=1S/C23H28N2O5/c1-4-25-21(24-19-9-7-6-8-18(19)22(25)26)15-30-17-12-10-16(11-13-17)14-20(29-5-2)23(27)28-3/h6-13,20-21,24H,4-5,14-15H2,1-3H3. The summed E-state index contributed by atoms with van der Waals surface area (Å²) in [6.07, 6.45) is -0.444. The predicted octanol–water partition coefficient (Wildman–Crippen LogP) is 3.10. The molecule has 3 rings (SSSR count). The Bertz CT molecular complexity index is 868. The van der Waals surface area contributed by atoms with Gasteiger partial charge >= 0.3 is 5.97 Å². The third kappa shape index (κ3) is 4.91. The molecule has 0 saturated carbocycles. The molecule has 1 N–H and O–H groups in total. The number of carbonyl (C=O) groups is 2. The van der Waals surface area contributed by atoms with Gasteiger partial charge in [-0.2, -0.15) is 0 Å². The van der Waals surface area contributed by atoms with Crippen LogP contribution in [0.25, 0.3) is 0 Å². The number of methoxy groups -OCH3 is 1. The SMILES string of the molecule is CCOC(Cc1ccc(OCC2Nc3ccccc3C(=O)N2CC)cc1)C(=O)OC. The quantitative estimate of drug-likeness (QED) is 0.638. The molecule has 160 valence electrons.